The van der Waals surface area contributed by atoms with E-state index in [4.69, 9.17) is 11.6 Å². The first kappa shape index (κ1) is 19.4. The molecule has 2 aromatic rings. The summed E-state index contributed by atoms with van der Waals surface area (Å²) in [5, 5.41) is 2.66. The van der Waals surface area contributed by atoms with Crippen LogP contribution in [0.1, 0.15) is 27.1 Å². The lowest BCUT2D eigenvalue weighted by Gasteiger charge is -2.25. The Morgan fingerprint density at radius 1 is 1.19 bits per heavy atom. The van der Waals surface area contributed by atoms with E-state index in [0.717, 1.165) is 11.0 Å². The highest BCUT2D eigenvalue weighted by Crippen LogP contribution is 2.27. The van der Waals surface area contributed by atoms with Crippen molar-refractivity contribution in [3.63, 3.8) is 0 Å². The van der Waals surface area contributed by atoms with Crippen molar-refractivity contribution in [3.05, 3.63) is 64.4 Å². The first-order valence-electron chi connectivity index (χ1n) is 8.15. The summed E-state index contributed by atoms with van der Waals surface area (Å²) in [4.78, 5) is 39.2. The van der Waals surface area contributed by atoms with Crippen LogP contribution in [0.4, 0.5) is 10.1 Å². The molecule has 27 heavy (non-hydrogen) atoms. The molecule has 3 amide bonds. The lowest BCUT2D eigenvalue weighted by Crippen LogP contribution is -2.47. The molecule has 0 aliphatic carbocycles. The lowest BCUT2D eigenvalue weighted by atomic mass is 10.1. The van der Waals surface area contributed by atoms with Gasteiger partial charge in [0.2, 0.25) is 5.91 Å². The van der Waals surface area contributed by atoms with E-state index in [2.05, 4.69) is 5.32 Å². The Balaban J connectivity index is 1.89. The van der Waals surface area contributed by atoms with E-state index in [0.29, 0.717) is 5.75 Å². The molecule has 0 bridgehead atoms. The number of benzene rings is 2. The van der Waals surface area contributed by atoms with Gasteiger partial charge in [0.15, 0.2) is 0 Å². The fraction of sp³-hybridized carbons (Fsp3) is 0.211. The number of halogens is 2. The molecule has 0 saturated carbocycles. The van der Waals surface area contributed by atoms with E-state index in [1.54, 1.807) is 24.3 Å². The molecule has 0 unspecified atom stereocenters. The Hall–Kier alpha value is -2.38. The second-order valence-corrected chi connectivity index (χ2v) is 7.36. The molecule has 0 saturated heterocycles. The average molecular weight is 407 g/mol. The molecular weight excluding hydrogens is 391 g/mol. The second-order valence-electron chi connectivity index (χ2n) is 5.94. The molecular formula is C19H16ClFN2O3S. The molecule has 1 N–H and O–H groups in total. The number of rotatable bonds is 6. The number of anilines is 1. The number of imide groups is 1. The predicted molar refractivity (Wildman–Crippen MR) is 104 cm³/mol. The first-order chi connectivity index (χ1) is 12.9. The lowest BCUT2D eigenvalue weighted by molar-refractivity contribution is -0.120. The molecule has 1 aliphatic rings. The van der Waals surface area contributed by atoms with Crippen molar-refractivity contribution in [2.24, 2.45) is 0 Å². The van der Waals surface area contributed by atoms with E-state index in [1.165, 1.54) is 23.9 Å². The molecule has 2 aromatic carbocycles. The minimum atomic E-state index is -1.04. The van der Waals surface area contributed by atoms with Gasteiger partial charge in [-0.05, 0) is 48.8 Å². The summed E-state index contributed by atoms with van der Waals surface area (Å²) < 4.78 is 14.0. The average Bonchev–Trinajstić information content (AvgIpc) is 2.90. The Labute approximate surface area is 164 Å². The number of thioether (sulfide) groups is 1. The predicted octanol–water partition coefficient (Wildman–Crippen LogP) is 3.84. The fourth-order valence-corrected chi connectivity index (χ4v) is 3.52. The van der Waals surface area contributed by atoms with Crippen molar-refractivity contribution in [3.8, 4) is 0 Å². The Bertz CT molecular complexity index is 887. The third-order valence-corrected chi connectivity index (χ3v) is 5.10. The number of hydrogen-bond donors (Lipinski definition) is 1. The highest BCUT2D eigenvalue weighted by Gasteiger charge is 2.42. The maximum atomic E-state index is 14.0. The molecule has 8 heteroatoms. The van der Waals surface area contributed by atoms with Gasteiger partial charge in [0, 0.05) is 5.02 Å². The summed E-state index contributed by atoms with van der Waals surface area (Å²) in [6, 6.07) is 9.25. The van der Waals surface area contributed by atoms with Crippen LogP contribution in [-0.4, -0.2) is 40.7 Å². The van der Waals surface area contributed by atoms with Crippen molar-refractivity contribution in [1.29, 1.82) is 0 Å². The number of nitrogens with one attached hydrogen (secondary N) is 1. The summed E-state index contributed by atoms with van der Waals surface area (Å²) in [6.45, 7) is 0. The maximum absolute atomic E-state index is 14.0. The van der Waals surface area contributed by atoms with Crippen LogP contribution < -0.4 is 5.32 Å². The SMILES string of the molecule is CSCC[C@H](C(=O)Nc1ccc(Cl)cc1F)N1C(=O)c2ccccc2C1=O. The van der Waals surface area contributed by atoms with Gasteiger partial charge in [-0.3, -0.25) is 19.3 Å². The van der Waals surface area contributed by atoms with E-state index < -0.39 is 29.6 Å². The molecule has 5 nitrogen and oxygen atoms in total. The van der Waals surface area contributed by atoms with Gasteiger partial charge in [-0.25, -0.2) is 4.39 Å². The van der Waals surface area contributed by atoms with Crippen molar-refractivity contribution in [2.45, 2.75) is 12.5 Å². The summed E-state index contributed by atoms with van der Waals surface area (Å²) in [7, 11) is 0. The quantitative estimate of drug-likeness (QED) is 0.740. The Morgan fingerprint density at radius 2 is 1.81 bits per heavy atom. The van der Waals surface area contributed by atoms with E-state index in [-0.39, 0.29) is 28.3 Å². The third kappa shape index (κ3) is 3.84. The van der Waals surface area contributed by atoms with Crippen LogP contribution in [0, 0.1) is 5.82 Å². The van der Waals surface area contributed by atoms with Crippen LogP contribution in [0.15, 0.2) is 42.5 Å². The van der Waals surface area contributed by atoms with E-state index >= 15 is 0 Å². The molecule has 1 atom stereocenters. The summed E-state index contributed by atoms with van der Waals surface area (Å²) in [5.41, 5.74) is 0.472. The number of amides is 3. The van der Waals surface area contributed by atoms with Crippen LogP contribution in [-0.2, 0) is 4.79 Å². The van der Waals surface area contributed by atoms with Crippen molar-refractivity contribution in [1.82, 2.24) is 4.90 Å². The van der Waals surface area contributed by atoms with Crippen LogP contribution in [0.5, 0.6) is 0 Å². The highest BCUT2D eigenvalue weighted by molar-refractivity contribution is 7.98. The number of nitrogens with zero attached hydrogens (tertiary/aromatic N) is 1. The monoisotopic (exact) mass is 406 g/mol. The number of fused-ring (bicyclic) bond motifs is 1. The zero-order chi connectivity index (χ0) is 19.6. The Morgan fingerprint density at radius 3 is 2.37 bits per heavy atom. The maximum Gasteiger partial charge on any atom is 0.262 e. The normalized spacial score (nSPS) is 14.3. The molecule has 0 fully saturated rings. The van der Waals surface area contributed by atoms with Crippen molar-refractivity contribution >= 4 is 46.8 Å². The van der Waals surface area contributed by atoms with Gasteiger partial charge in [-0.2, -0.15) is 11.8 Å². The van der Waals surface area contributed by atoms with Gasteiger partial charge >= 0.3 is 0 Å². The van der Waals surface area contributed by atoms with E-state index in [1.807, 2.05) is 6.26 Å². The highest BCUT2D eigenvalue weighted by atomic mass is 35.5. The molecule has 1 heterocycles. The van der Waals surface area contributed by atoms with Gasteiger partial charge < -0.3 is 5.32 Å². The van der Waals surface area contributed by atoms with Gasteiger partial charge in [0.05, 0.1) is 16.8 Å². The van der Waals surface area contributed by atoms with E-state index in [9.17, 15) is 18.8 Å². The van der Waals surface area contributed by atoms with Crippen LogP contribution >= 0.6 is 23.4 Å². The summed E-state index contributed by atoms with van der Waals surface area (Å²) in [6.07, 6.45) is 2.11. The van der Waals surface area contributed by atoms with Gasteiger partial charge in [0.25, 0.3) is 11.8 Å². The molecule has 0 radical (unpaired) electrons. The Kier molecular flexibility index (Phi) is 5.82. The second kappa shape index (κ2) is 8.10. The molecule has 1 aliphatic heterocycles. The molecule has 0 spiro atoms. The molecule has 140 valence electrons. The zero-order valence-corrected chi connectivity index (χ0v) is 15.9. The van der Waals surface area contributed by atoms with Crippen LogP contribution in [0.3, 0.4) is 0 Å². The van der Waals surface area contributed by atoms with Gasteiger partial charge in [0.1, 0.15) is 11.9 Å². The first-order valence-corrected chi connectivity index (χ1v) is 9.93. The smallest absolute Gasteiger partial charge is 0.262 e. The fourth-order valence-electron chi connectivity index (χ4n) is 2.90. The minimum Gasteiger partial charge on any atom is -0.322 e. The zero-order valence-electron chi connectivity index (χ0n) is 14.4. The molecule has 0 aromatic heterocycles. The van der Waals surface area contributed by atoms with Crippen molar-refractivity contribution < 1.29 is 18.8 Å². The third-order valence-electron chi connectivity index (χ3n) is 4.22. The van der Waals surface area contributed by atoms with Crippen LogP contribution in [0.2, 0.25) is 5.02 Å². The van der Waals surface area contributed by atoms with Gasteiger partial charge in [-0.15, -0.1) is 0 Å². The van der Waals surface area contributed by atoms with Crippen LogP contribution in [0.25, 0.3) is 0 Å². The number of hydrogen-bond acceptors (Lipinski definition) is 4. The number of carbonyl (C=O) groups excluding carboxylic acids is 3. The number of carbonyl (C=O) groups is 3. The topological polar surface area (TPSA) is 66.5 Å². The molecule has 3 rings (SSSR count). The summed E-state index contributed by atoms with van der Waals surface area (Å²) >= 11 is 7.21. The van der Waals surface area contributed by atoms with Gasteiger partial charge in [-0.1, -0.05) is 23.7 Å². The minimum absolute atomic E-state index is 0.0600. The van der Waals surface area contributed by atoms with Crippen molar-refractivity contribution in [2.75, 3.05) is 17.3 Å². The standard InChI is InChI=1S/C19H16ClFN2O3S/c1-27-9-8-16(17(24)22-15-7-6-11(20)10-14(15)21)23-18(25)12-4-2-3-5-13(12)19(23)26/h2-7,10,16H,8-9H2,1H3,(H,22,24)/t16-/m1/s1. The summed E-state index contributed by atoms with van der Waals surface area (Å²) in [5.74, 6) is -1.81. The largest absolute Gasteiger partial charge is 0.322 e.